The summed E-state index contributed by atoms with van der Waals surface area (Å²) in [6.45, 7) is 0. The predicted molar refractivity (Wildman–Crippen MR) is 85.1 cm³/mol. The Morgan fingerprint density at radius 1 is 1.20 bits per heavy atom. The van der Waals surface area contributed by atoms with Crippen molar-refractivity contribution < 1.29 is 9.53 Å². The van der Waals surface area contributed by atoms with Crippen molar-refractivity contribution in [3.63, 3.8) is 0 Å². The smallest absolute Gasteiger partial charge is 0.255 e. The van der Waals surface area contributed by atoms with Gasteiger partial charge in [0.25, 0.3) is 5.91 Å². The topological polar surface area (TPSA) is 38.3 Å². The van der Waals surface area contributed by atoms with E-state index in [1.165, 1.54) is 7.11 Å². The van der Waals surface area contributed by atoms with Crippen LogP contribution in [0.25, 0.3) is 0 Å². The molecular formula is C14H10BrCl2NO2. The minimum atomic E-state index is -0.292. The van der Waals surface area contributed by atoms with E-state index in [2.05, 4.69) is 21.2 Å². The van der Waals surface area contributed by atoms with Gasteiger partial charge in [-0.1, -0.05) is 23.2 Å². The number of benzene rings is 2. The first kappa shape index (κ1) is 15.2. The second-order valence-corrected chi connectivity index (χ2v) is 5.63. The molecule has 1 N–H and O–H groups in total. The van der Waals surface area contributed by atoms with Crippen molar-refractivity contribution in [2.45, 2.75) is 0 Å². The van der Waals surface area contributed by atoms with Gasteiger partial charge in [-0.2, -0.15) is 0 Å². The second kappa shape index (κ2) is 6.48. The van der Waals surface area contributed by atoms with E-state index in [1.54, 1.807) is 36.4 Å². The fourth-order valence-corrected chi connectivity index (χ4v) is 2.21. The third kappa shape index (κ3) is 3.45. The Bertz CT molecular complexity index is 662. The zero-order valence-electron chi connectivity index (χ0n) is 10.4. The Balaban J connectivity index is 2.27. The number of carbonyl (C=O) groups is 1. The van der Waals surface area contributed by atoms with Crippen LogP contribution in [0.2, 0.25) is 10.0 Å². The van der Waals surface area contributed by atoms with E-state index < -0.39 is 0 Å². The molecule has 0 atom stereocenters. The van der Waals surface area contributed by atoms with Gasteiger partial charge in [-0.3, -0.25) is 4.79 Å². The highest BCUT2D eigenvalue weighted by Crippen LogP contribution is 2.29. The molecule has 0 saturated carbocycles. The second-order valence-electron chi connectivity index (χ2n) is 3.93. The van der Waals surface area contributed by atoms with Crippen LogP contribution in [0.3, 0.4) is 0 Å². The highest BCUT2D eigenvalue weighted by molar-refractivity contribution is 9.10. The maximum Gasteiger partial charge on any atom is 0.255 e. The quantitative estimate of drug-likeness (QED) is 0.819. The van der Waals surface area contributed by atoms with Crippen LogP contribution >= 0.6 is 39.1 Å². The van der Waals surface area contributed by atoms with Crippen molar-refractivity contribution >= 4 is 50.7 Å². The number of hydrogen-bond donors (Lipinski definition) is 1. The van der Waals surface area contributed by atoms with Crippen molar-refractivity contribution in [2.75, 3.05) is 12.4 Å². The van der Waals surface area contributed by atoms with Crippen molar-refractivity contribution in [3.05, 3.63) is 56.5 Å². The number of nitrogens with one attached hydrogen (secondary N) is 1. The summed E-state index contributed by atoms with van der Waals surface area (Å²) in [6, 6.07) is 9.96. The fourth-order valence-electron chi connectivity index (χ4n) is 1.61. The molecule has 0 radical (unpaired) electrons. The minimum absolute atomic E-state index is 0.292. The van der Waals surface area contributed by atoms with E-state index in [1.807, 2.05) is 0 Å². The number of amides is 1. The van der Waals surface area contributed by atoms with Gasteiger partial charge in [0.05, 0.1) is 17.8 Å². The summed E-state index contributed by atoms with van der Waals surface area (Å²) in [7, 11) is 1.52. The number of ether oxygens (including phenoxy) is 1. The SMILES string of the molecule is COc1ccc(Cl)cc1NC(=O)c1ccc(Br)c(Cl)c1. The number of methoxy groups -OCH3 is 1. The first-order chi connectivity index (χ1) is 9.51. The average Bonchev–Trinajstić information content (AvgIpc) is 2.42. The van der Waals surface area contributed by atoms with E-state index >= 15 is 0 Å². The summed E-state index contributed by atoms with van der Waals surface area (Å²) >= 11 is 15.2. The summed E-state index contributed by atoms with van der Waals surface area (Å²) in [4.78, 5) is 12.2. The molecule has 1 amide bonds. The summed E-state index contributed by atoms with van der Waals surface area (Å²) in [6.07, 6.45) is 0. The molecule has 0 fully saturated rings. The van der Waals surface area contributed by atoms with Crippen molar-refractivity contribution in [1.82, 2.24) is 0 Å². The molecule has 0 spiro atoms. The monoisotopic (exact) mass is 373 g/mol. The number of rotatable bonds is 3. The van der Waals surface area contributed by atoms with E-state index in [4.69, 9.17) is 27.9 Å². The van der Waals surface area contributed by atoms with Gasteiger partial charge in [-0.15, -0.1) is 0 Å². The molecule has 2 aromatic carbocycles. The van der Waals surface area contributed by atoms with E-state index in [-0.39, 0.29) is 5.91 Å². The van der Waals surface area contributed by atoms with Crippen molar-refractivity contribution in [1.29, 1.82) is 0 Å². The van der Waals surface area contributed by atoms with Gasteiger partial charge in [0.2, 0.25) is 0 Å². The molecule has 0 unspecified atom stereocenters. The molecule has 3 nitrogen and oxygen atoms in total. The minimum Gasteiger partial charge on any atom is -0.495 e. The van der Waals surface area contributed by atoms with Crippen LogP contribution in [0, 0.1) is 0 Å². The summed E-state index contributed by atoms with van der Waals surface area (Å²) < 4.78 is 5.91. The molecule has 0 aliphatic heterocycles. The number of hydrogen-bond acceptors (Lipinski definition) is 2. The molecule has 0 bridgehead atoms. The standard InChI is InChI=1S/C14H10BrCl2NO2/c1-20-13-5-3-9(16)7-12(13)18-14(19)8-2-4-10(15)11(17)6-8/h2-7H,1H3,(H,18,19). The van der Waals surface area contributed by atoms with Crippen molar-refractivity contribution in [2.24, 2.45) is 0 Å². The van der Waals surface area contributed by atoms with Gasteiger partial charge in [0.15, 0.2) is 0 Å². The Kier molecular flexibility index (Phi) is 4.91. The Morgan fingerprint density at radius 3 is 2.60 bits per heavy atom. The van der Waals surface area contributed by atoms with Crippen LogP contribution < -0.4 is 10.1 Å². The summed E-state index contributed by atoms with van der Waals surface area (Å²) in [5.41, 5.74) is 0.948. The zero-order chi connectivity index (χ0) is 14.7. The largest absolute Gasteiger partial charge is 0.495 e. The Hall–Kier alpha value is -1.23. The van der Waals surface area contributed by atoms with Crippen LogP contribution in [0.15, 0.2) is 40.9 Å². The van der Waals surface area contributed by atoms with Gasteiger partial charge < -0.3 is 10.1 Å². The third-order valence-electron chi connectivity index (χ3n) is 2.59. The van der Waals surface area contributed by atoms with Crippen LogP contribution in [0.1, 0.15) is 10.4 Å². The first-order valence-corrected chi connectivity index (χ1v) is 7.16. The summed E-state index contributed by atoms with van der Waals surface area (Å²) in [5.74, 6) is 0.242. The molecule has 2 rings (SSSR count). The highest BCUT2D eigenvalue weighted by atomic mass is 79.9. The van der Waals surface area contributed by atoms with Gasteiger partial charge in [0, 0.05) is 15.1 Å². The molecule has 104 valence electrons. The highest BCUT2D eigenvalue weighted by Gasteiger charge is 2.11. The van der Waals surface area contributed by atoms with Gasteiger partial charge in [-0.25, -0.2) is 0 Å². The maximum absolute atomic E-state index is 12.2. The van der Waals surface area contributed by atoms with E-state index in [0.29, 0.717) is 27.0 Å². The molecule has 6 heteroatoms. The molecule has 0 saturated heterocycles. The van der Waals surface area contributed by atoms with Gasteiger partial charge in [0.1, 0.15) is 5.75 Å². The van der Waals surface area contributed by atoms with E-state index in [9.17, 15) is 4.79 Å². The average molecular weight is 375 g/mol. The van der Waals surface area contributed by atoms with Crippen molar-refractivity contribution in [3.8, 4) is 5.75 Å². The Labute approximate surface area is 135 Å². The first-order valence-electron chi connectivity index (χ1n) is 5.61. The van der Waals surface area contributed by atoms with E-state index in [0.717, 1.165) is 4.47 Å². The van der Waals surface area contributed by atoms with Crippen LogP contribution in [-0.2, 0) is 0 Å². The van der Waals surface area contributed by atoms with Gasteiger partial charge in [-0.05, 0) is 52.3 Å². The molecule has 0 aliphatic carbocycles. The molecule has 0 aliphatic rings. The zero-order valence-corrected chi connectivity index (χ0v) is 13.5. The molecule has 20 heavy (non-hydrogen) atoms. The lowest BCUT2D eigenvalue weighted by Crippen LogP contribution is -2.12. The third-order valence-corrected chi connectivity index (χ3v) is 4.06. The fraction of sp³-hybridized carbons (Fsp3) is 0.0714. The molecule has 2 aromatic rings. The number of anilines is 1. The van der Waals surface area contributed by atoms with Crippen LogP contribution in [-0.4, -0.2) is 13.0 Å². The van der Waals surface area contributed by atoms with Crippen LogP contribution in [0.5, 0.6) is 5.75 Å². The molecule has 0 aromatic heterocycles. The van der Waals surface area contributed by atoms with Gasteiger partial charge >= 0.3 is 0 Å². The summed E-state index contributed by atoms with van der Waals surface area (Å²) in [5, 5.41) is 3.72. The Morgan fingerprint density at radius 2 is 1.95 bits per heavy atom. The predicted octanol–water partition coefficient (Wildman–Crippen LogP) is 5.02. The lowest BCUT2D eigenvalue weighted by atomic mass is 10.2. The molecular weight excluding hydrogens is 365 g/mol. The lowest BCUT2D eigenvalue weighted by Gasteiger charge is -2.11. The van der Waals surface area contributed by atoms with Crippen LogP contribution in [0.4, 0.5) is 5.69 Å². The maximum atomic E-state index is 12.2. The lowest BCUT2D eigenvalue weighted by molar-refractivity contribution is 0.102. The number of halogens is 3. The molecule has 0 heterocycles. The number of carbonyl (C=O) groups excluding carboxylic acids is 1. The normalized spacial score (nSPS) is 10.2.